The Hall–Kier alpha value is 1.09. The van der Waals surface area contributed by atoms with Gasteiger partial charge in [-0.3, -0.25) is 4.67 Å². The van der Waals surface area contributed by atoms with Crippen LogP contribution in [0.25, 0.3) is 0 Å². The molecule has 0 spiro atoms. The minimum Gasteiger partial charge on any atom is -0.272 e. The van der Waals surface area contributed by atoms with Gasteiger partial charge in [0.1, 0.15) is 0 Å². The first kappa shape index (κ1) is 9.09. The molecule has 0 radical (unpaired) electrons. The number of hydrogen-bond acceptors (Lipinski definition) is 3. The second-order valence-electron chi connectivity index (χ2n) is 1.45. The molecule has 0 saturated heterocycles. The van der Waals surface area contributed by atoms with Crippen molar-refractivity contribution in [3.05, 3.63) is 0 Å². The van der Waals surface area contributed by atoms with Gasteiger partial charge in [0.15, 0.2) is 0 Å². The summed E-state index contributed by atoms with van der Waals surface area (Å²) in [5, 5.41) is 0. The molecule has 0 aromatic rings. The Labute approximate surface area is 60.9 Å². The average molecular weight is 169 g/mol. The molecule has 0 aliphatic rings. The van der Waals surface area contributed by atoms with E-state index in [1.807, 2.05) is 22.8 Å². The van der Waals surface area contributed by atoms with Crippen LogP contribution in [0.2, 0.25) is 0 Å². The molecule has 0 aliphatic carbocycles. The molecule has 0 atom stereocenters. The van der Waals surface area contributed by atoms with Gasteiger partial charge in [-0.05, 0) is 26.6 Å². The monoisotopic (exact) mass is 169 g/mol. The standard InChI is InChI=1S/C4H12NPS2/c1-5(2)6(7-3)8-4/h1-4H3. The van der Waals surface area contributed by atoms with Crippen molar-refractivity contribution < 1.29 is 0 Å². The summed E-state index contributed by atoms with van der Waals surface area (Å²) in [7, 11) is 4.25. The van der Waals surface area contributed by atoms with E-state index in [-0.39, 0.29) is 6.48 Å². The number of hydrogen-bond donors (Lipinski definition) is 0. The molecule has 0 aromatic carbocycles. The number of nitrogens with zero attached hydrogens (tertiary/aromatic N) is 1. The normalized spacial score (nSPS) is 11.2. The smallest absolute Gasteiger partial charge is 0.0864 e. The fourth-order valence-corrected chi connectivity index (χ4v) is 4.95. The fraction of sp³-hybridized carbons (Fsp3) is 1.00. The molecule has 0 N–H and O–H groups in total. The maximum atomic E-state index is 2.27. The van der Waals surface area contributed by atoms with E-state index in [9.17, 15) is 0 Å². The van der Waals surface area contributed by atoms with E-state index in [1.54, 1.807) is 0 Å². The van der Waals surface area contributed by atoms with Crippen molar-refractivity contribution >= 4 is 29.2 Å². The van der Waals surface area contributed by atoms with Crippen LogP contribution in [0.4, 0.5) is 0 Å². The largest absolute Gasteiger partial charge is 0.272 e. The number of rotatable bonds is 3. The van der Waals surface area contributed by atoms with Crippen molar-refractivity contribution in [2.24, 2.45) is 0 Å². The molecular weight excluding hydrogens is 157 g/mol. The maximum Gasteiger partial charge on any atom is 0.0864 e. The van der Waals surface area contributed by atoms with Gasteiger partial charge in [0.2, 0.25) is 0 Å². The van der Waals surface area contributed by atoms with Crippen LogP contribution in [0, 0.1) is 0 Å². The highest BCUT2D eigenvalue weighted by molar-refractivity contribution is 8.87. The Bertz CT molecular complexity index is 56.0. The molecule has 50 valence electrons. The van der Waals surface area contributed by atoms with Gasteiger partial charge in [0, 0.05) is 0 Å². The highest BCUT2D eigenvalue weighted by atomic mass is 33.1. The van der Waals surface area contributed by atoms with Crippen LogP contribution in [-0.2, 0) is 0 Å². The predicted octanol–water partition coefficient (Wildman–Crippen LogP) is 2.50. The molecule has 0 amide bonds. The molecule has 0 heterocycles. The maximum absolute atomic E-state index is 2.27. The summed E-state index contributed by atoms with van der Waals surface area (Å²) < 4.78 is 2.27. The lowest BCUT2D eigenvalue weighted by molar-refractivity contribution is 0.698. The van der Waals surface area contributed by atoms with E-state index in [2.05, 4.69) is 31.3 Å². The van der Waals surface area contributed by atoms with Crippen molar-refractivity contribution in [3.8, 4) is 0 Å². The van der Waals surface area contributed by atoms with E-state index in [0.717, 1.165) is 0 Å². The zero-order chi connectivity index (χ0) is 6.57. The SMILES string of the molecule is CSP(SC)N(C)C. The molecule has 0 fully saturated rings. The van der Waals surface area contributed by atoms with Crippen LogP contribution < -0.4 is 0 Å². The molecule has 4 heteroatoms. The zero-order valence-corrected chi connectivity index (χ0v) is 8.24. The van der Waals surface area contributed by atoms with Crippen molar-refractivity contribution in [1.29, 1.82) is 0 Å². The zero-order valence-electron chi connectivity index (χ0n) is 5.71. The minimum atomic E-state index is 0.0514. The van der Waals surface area contributed by atoms with Gasteiger partial charge in [0.25, 0.3) is 0 Å². The third kappa shape index (κ3) is 3.18. The topological polar surface area (TPSA) is 3.24 Å². The van der Waals surface area contributed by atoms with E-state index in [4.69, 9.17) is 0 Å². The van der Waals surface area contributed by atoms with Gasteiger partial charge in [-0.1, -0.05) is 0 Å². The minimum absolute atomic E-state index is 0.0514. The van der Waals surface area contributed by atoms with Gasteiger partial charge < -0.3 is 0 Å². The Morgan fingerprint density at radius 3 is 1.50 bits per heavy atom. The van der Waals surface area contributed by atoms with Gasteiger partial charge in [-0.15, -0.1) is 22.8 Å². The molecule has 0 unspecified atom stereocenters. The quantitative estimate of drug-likeness (QED) is 0.598. The first-order valence-corrected chi connectivity index (χ1v) is 7.23. The van der Waals surface area contributed by atoms with Crippen LogP contribution in [-0.4, -0.2) is 31.3 Å². The highest BCUT2D eigenvalue weighted by Crippen LogP contribution is 2.59. The summed E-state index contributed by atoms with van der Waals surface area (Å²) in [5.41, 5.74) is 0. The summed E-state index contributed by atoms with van der Waals surface area (Å²) in [6, 6.07) is 0. The van der Waals surface area contributed by atoms with Gasteiger partial charge >= 0.3 is 0 Å². The van der Waals surface area contributed by atoms with Gasteiger partial charge in [-0.2, -0.15) is 0 Å². The van der Waals surface area contributed by atoms with Crippen LogP contribution in [0.15, 0.2) is 0 Å². The molecule has 0 aromatic heterocycles. The summed E-state index contributed by atoms with van der Waals surface area (Å²) in [4.78, 5) is 0. The fourth-order valence-electron chi connectivity index (χ4n) is 0.401. The van der Waals surface area contributed by atoms with Crippen molar-refractivity contribution in [2.45, 2.75) is 0 Å². The van der Waals surface area contributed by atoms with Gasteiger partial charge in [-0.25, -0.2) is 0 Å². The lowest BCUT2D eigenvalue weighted by atomic mass is 11.3. The Balaban J connectivity index is 3.35. The lowest BCUT2D eigenvalue weighted by Crippen LogP contribution is -1.98. The first-order chi connectivity index (χ1) is 3.72. The summed E-state index contributed by atoms with van der Waals surface area (Å²) in [6.45, 7) is 0.0514. The lowest BCUT2D eigenvalue weighted by Gasteiger charge is -2.18. The average Bonchev–Trinajstić information content (AvgIpc) is 1.69. The molecule has 0 bridgehead atoms. The third-order valence-electron chi connectivity index (χ3n) is 0.639. The summed E-state index contributed by atoms with van der Waals surface area (Å²) in [6.07, 6.45) is 4.31. The van der Waals surface area contributed by atoms with E-state index in [1.165, 1.54) is 0 Å². The highest BCUT2D eigenvalue weighted by Gasteiger charge is 2.04. The third-order valence-corrected chi connectivity index (χ3v) is 8.43. The van der Waals surface area contributed by atoms with Crippen LogP contribution in [0.1, 0.15) is 0 Å². The Morgan fingerprint density at radius 2 is 1.50 bits per heavy atom. The second kappa shape index (κ2) is 4.92. The Morgan fingerprint density at radius 1 is 1.12 bits per heavy atom. The van der Waals surface area contributed by atoms with Crippen molar-refractivity contribution in [3.63, 3.8) is 0 Å². The van der Waals surface area contributed by atoms with Gasteiger partial charge in [0.05, 0.1) is 6.48 Å². The van der Waals surface area contributed by atoms with Crippen LogP contribution in [0.3, 0.4) is 0 Å². The molecule has 0 saturated carbocycles. The summed E-state index contributed by atoms with van der Waals surface area (Å²) in [5.74, 6) is 0. The summed E-state index contributed by atoms with van der Waals surface area (Å²) >= 11 is 3.86. The molecular formula is C4H12NPS2. The van der Waals surface area contributed by atoms with E-state index >= 15 is 0 Å². The molecule has 8 heavy (non-hydrogen) atoms. The van der Waals surface area contributed by atoms with Crippen molar-refractivity contribution in [1.82, 2.24) is 4.67 Å². The van der Waals surface area contributed by atoms with Crippen LogP contribution >= 0.6 is 29.2 Å². The van der Waals surface area contributed by atoms with E-state index < -0.39 is 0 Å². The van der Waals surface area contributed by atoms with E-state index in [0.29, 0.717) is 0 Å². The molecule has 1 nitrogen and oxygen atoms in total. The van der Waals surface area contributed by atoms with Crippen molar-refractivity contribution in [2.75, 3.05) is 26.6 Å². The predicted molar refractivity (Wildman–Crippen MR) is 47.6 cm³/mol. The second-order valence-corrected chi connectivity index (χ2v) is 8.42. The molecule has 0 aliphatic heterocycles. The molecule has 0 rings (SSSR count). The first-order valence-electron chi connectivity index (χ1n) is 2.28. The Kier molecular flexibility index (Phi) is 5.59. The van der Waals surface area contributed by atoms with Crippen LogP contribution in [0.5, 0.6) is 0 Å².